The van der Waals surface area contributed by atoms with Gasteiger partial charge in [0.15, 0.2) is 46.1 Å². The molecule has 0 aliphatic heterocycles. The van der Waals surface area contributed by atoms with Crippen LogP contribution in [0.25, 0.3) is 42.8 Å². The van der Waals surface area contributed by atoms with E-state index in [-0.39, 0.29) is 60.4 Å². The Morgan fingerprint density at radius 1 is 0.581 bits per heavy atom. The fraction of sp³-hybridized carbons (Fsp3) is 0.188. The van der Waals surface area contributed by atoms with Crippen LogP contribution in [-0.2, 0) is 0 Å². The third-order valence-electron chi connectivity index (χ3n) is 10.1. The number of carbonyl (C=O) groups excluding carboxylic acids is 3. The lowest BCUT2D eigenvalue weighted by Crippen LogP contribution is -2.05. The smallest absolute Gasteiger partial charge is 0.198 e. The number of benzene rings is 4. The average Bonchev–Trinajstić information content (AvgIpc) is 4.14. The molecular formula is C48H40F2O10S2. The summed E-state index contributed by atoms with van der Waals surface area (Å²) in [4.78, 5) is 37.6. The number of furan rings is 2. The van der Waals surface area contributed by atoms with E-state index in [0.29, 0.717) is 60.8 Å². The highest BCUT2D eigenvalue weighted by molar-refractivity contribution is 7.18. The lowest BCUT2D eigenvalue weighted by molar-refractivity contribution is 0.0902. The maximum absolute atomic E-state index is 13.9. The molecule has 318 valence electrons. The van der Waals surface area contributed by atoms with E-state index in [0.717, 1.165) is 21.9 Å². The van der Waals surface area contributed by atoms with E-state index in [2.05, 4.69) is 0 Å². The first kappa shape index (κ1) is 43.5. The third kappa shape index (κ3) is 9.32. The Morgan fingerprint density at radius 2 is 1.06 bits per heavy atom. The van der Waals surface area contributed by atoms with Crippen molar-refractivity contribution in [2.75, 3.05) is 28.4 Å². The van der Waals surface area contributed by atoms with Gasteiger partial charge in [-0.05, 0) is 79.2 Å². The Kier molecular flexibility index (Phi) is 13.6. The van der Waals surface area contributed by atoms with E-state index in [4.69, 9.17) is 27.8 Å². The van der Waals surface area contributed by atoms with Gasteiger partial charge in [0.05, 0.1) is 37.8 Å². The largest absolute Gasteiger partial charge is 0.493 e. The maximum Gasteiger partial charge on any atom is 0.198 e. The minimum absolute atomic E-state index is 0.0130. The van der Waals surface area contributed by atoms with Gasteiger partial charge in [-0.25, -0.2) is 8.78 Å². The van der Waals surface area contributed by atoms with Crippen molar-refractivity contribution >= 4 is 60.2 Å². The molecule has 1 unspecified atom stereocenters. The summed E-state index contributed by atoms with van der Waals surface area (Å²) in [6.07, 6.45) is -0.534. The van der Waals surface area contributed by atoms with Gasteiger partial charge in [-0.15, -0.1) is 22.7 Å². The van der Waals surface area contributed by atoms with Gasteiger partial charge in [0.25, 0.3) is 0 Å². The van der Waals surface area contributed by atoms with Crippen LogP contribution in [0.3, 0.4) is 0 Å². The highest BCUT2D eigenvalue weighted by atomic mass is 32.1. The molecule has 4 aromatic carbocycles. The highest BCUT2D eigenvalue weighted by Gasteiger charge is 2.21. The molecule has 0 saturated heterocycles. The first-order valence-electron chi connectivity index (χ1n) is 19.3. The molecule has 0 aliphatic carbocycles. The number of rotatable bonds is 16. The van der Waals surface area contributed by atoms with Gasteiger partial charge in [0, 0.05) is 63.0 Å². The molecule has 8 rings (SSSR count). The molecule has 0 fully saturated rings. The topological polar surface area (TPSA) is 135 Å². The number of hydrogen-bond acceptors (Lipinski definition) is 12. The summed E-state index contributed by atoms with van der Waals surface area (Å²) < 4.78 is 61.4. The molecule has 0 saturated carbocycles. The van der Waals surface area contributed by atoms with Crippen LogP contribution in [0.1, 0.15) is 68.8 Å². The molecule has 4 heterocycles. The van der Waals surface area contributed by atoms with Gasteiger partial charge in [-0.1, -0.05) is 24.3 Å². The molecule has 8 aromatic rings. The molecule has 62 heavy (non-hydrogen) atoms. The van der Waals surface area contributed by atoms with Crippen molar-refractivity contribution in [1.29, 1.82) is 0 Å². The molecule has 0 amide bonds. The second kappa shape index (κ2) is 19.4. The summed E-state index contributed by atoms with van der Waals surface area (Å²) in [6, 6.07) is 26.4. The number of aliphatic hydroxyl groups excluding tert-OH is 1. The van der Waals surface area contributed by atoms with E-state index in [9.17, 15) is 28.3 Å². The van der Waals surface area contributed by atoms with Crippen molar-refractivity contribution in [3.8, 4) is 45.6 Å². The van der Waals surface area contributed by atoms with Crippen molar-refractivity contribution in [2.24, 2.45) is 0 Å². The zero-order valence-corrected chi connectivity index (χ0v) is 35.6. The second-order valence-electron chi connectivity index (χ2n) is 13.9. The SMILES string of the molecule is COc1ccc(C(=O)CCC(=O)c2ccc(-c3csc4c(F)cccc34)o2)cc1OC.COc1ccc(C(=O)CCC(O)c2ccc(-c3csc4c(F)cccc34)o2)cc1OC. The van der Waals surface area contributed by atoms with Gasteiger partial charge >= 0.3 is 0 Å². The van der Waals surface area contributed by atoms with Gasteiger partial charge in [-0.3, -0.25) is 14.4 Å². The number of hydrogen-bond donors (Lipinski definition) is 1. The number of methoxy groups -OCH3 is 4. The number of ether oxygens (including phenoxy) is 4. The summed E-state index contributed by atoms with van der Waals surface area (Å²) in [5, 5.41) is 15.7. The van der Waals surface area contributed by atoms with E-state index in [1.807, 2.05) is 17.5 Å². The van der Waals surface area contributed by atoms with Crippen LogP contribution in [0.5, 0.6) is 23.0 Å². The van der Waals surface area contributed by atoms with E-state index in [1.165, 1.54) is 63.2 Å². The van der Waals surface area contributed by atoms with Crippen LogP contribution in [0.15, 0.2) is 117 Å². The minimum atomic E-state index is -0.931. The van der Waals surface area contributed by atoms with Crippen LogP contribution in [0.2, 0.25) is 0 Å². The zero-order chi connectivity index (χ0) is 43.9. The summed E-state index contributed by atoms with van der Waals surface area (Å²) in [5.41, 5.74) is 2.44. The van der Waals surface area contributed by atoms with Crippen LogP contribution >= 0.6 is 22.7 Å². The molecular weight excluding hydrogens is 839 g/mol. The predicted molar refractivity (Wildman–Crippen MR) is 234 cm³/mol. The number of fused-ring (bicyclic) bond motifs is 2. The van der Waals surface area contributed by atoms with Crippen molar-refractivity contribution in [3.05, 3.63) is 142 Å². The van der Waals surface area contributed by atoms with Gasteiger partial charge in [-0.2, -0.15) is 0 Å². The Bertz CT molecular complexity index is 2890. The predicted octanol–water partition coefficient (Wildman–Crippen LogP) is 12.2. The Labute approximate surface area is 362 Å². The van der Waals surface area contributed by atoms with Crippen LogP contribution in [0, 0.1) is 11.6 Å². The molecule has 0 radical (unpaired) electrons. The Balaban J connectivity index is 0.000000186. The molecule has 4 aromatic heterocycles. The number of ketones is 3. The lowest BCUT2D eigenvalue weighted by atomic mass is 10.0. The fourth-order valence-corrected chi connectivity index (χ4v) is 8.73. The monoisotopic (exact) mass is 878 g/mol. The van der Waals surface area contributed by atoms with Gasteiger partial charge in [0.2, 0.25) is 0 Å². The molecule has 1 N–H and O–H groups in total. The molecule has 1 atom stereocenters. The number of aliphatic hydroxyl groups is 1. The molecule has 14 heteroatoms. The van der Waals surface area contributed by atoms with E-state index in [1.54, 1.807) is 78.2 Å². The van der Waals surface area contributed by atoms with Crippen molar-refractivity contribution in [2.45, 2.75) is 31.8 Å². The summed E-state index contributed by atoms with van der Waals surface area (Å²) in [7, 11) is 6.05. The van der Waals surface area contributed by atoms with Crippen molar-refractivity contribution < 1.29 is 56.1 Å². The standard InChI is InChI=1S/C24H21FO5S.C24H19FO5S/c2*1-28-22-9-6-14(12-23(22)29-2)18(26)7-8-19(27)21-11-10-20(30-21)16-13-31-24-15(16)4-3-5-17(24)25/h3-6,9-13,19,27H,7-8H2,1-2H3;3-6,9-13H,7-8H2,1-2H3. The first-order chi connectivity index (χ1) is 30.0. The van der Waals surface area contributed by atoms with Gasteiger partial charge in [0.1, 0.15) is 35.0 Å². The molecule has 0 spiro atoms. The van der Waals surface area contributed by atoms with Crippen LogP contribution < -0.4 is 18.9 Å². The first-order valence-corrected chi connectivity index (χ1v) is 21.0. The number of Topliss-reactive ketones (excluding diaryl/α,β-unsaturated/α-hetero) is 3. The van der Waals surface area contributed by atoms with Crippen molar-refractivity contribution in [3.63, 3.8) is 0 Å². The highest BCUT2D eigenvalue weighted by Crippen LogP contribution is 2.39. The van der Waals surface area contributed by atoms with Gasteiger partial charge < -0.3 is 32.9 Å². The molecule has 0 bridgehead atoms. The number of halogens is 2. The van der Waals surface area contributed by atoms with Crippen LogP contribution in [-0.4, -0.2) is 50.9 Å². The average molecular weight is 879 g/mol. The van der Waals surface area contributed by atoms with E-state index < -0.39 is 6.10 Å². The van der Waals surface area contributed by atoms with E-state index >= 15 is 0 Å². The Hall–Kier alpha value is -6.61. The minimum Gasteiger partial charge on any atom is -0.493 e. The summed E-state index contributed by atoms with van der Waals surface area (Å²) >= 11 is 2.60. The van der Waals surface area contributed by atoms with Crippen LogP contribution in [0.4, 0.5) is 8.78 Å². The third-order valence-corrected chi connectivity index (χ3v) is 12.1. The zero-order valence-electron chi connectivity index (χ0n) is 34.0. The lowest BCUT2D eigenvalue weighted by Gasteiger charge is -2.10. The maximum atomic E-state index is 13.9. The normalized spacial score (nSPS) is 11.5. The summed E-state index contributed by atoms with van der Waals surface area (Å²) in [5.74, 6) is 2.46. The number of carbonyl (C=O) groups is 3. The second-order valence-corrected chi connectivity index (χ2v) is 15.6. The molecule has 0 aliphatic rings. The van der Waals surface area contributed by atoms with Crippen molar-refractivity contribution in [1.82, 2.24) is 0 Å². The summed E-state index contributed by atoms with van der Waals surface area (Å²) in [6.45, 7) is 0. The quantitative estimate of drug-likeness (QED) is 0.0935. The number of thiophene rings is 2. The Morgan fingerprint density at radius 3 is 1.60 bits per heavy atom. The fourth-order valence-electron chi connectivity index (χ4n) is 6.80. The molecule has 10 nitrogen and oxygen atoms in total.